The summed E-state index contributed by atoms with van der Waals surface area (Å²) in [5.74, 6) is -0.134. The highest BCUT2D eigenvalue weighted by Crippen LogP contribution is 2.17. The Hall–Kier alpha value is -1.66. The van der Waals surface area contributed by atoms with E-state index < -0.39 is 18.1 Å². The molecule has 0 aliphatic rings. The fourth-order valence-corrected chi connectivity index (χ4v) is 2.70. The molecule has 0 bridgehead atoms. The smallest absolute Gasteiger partial charge is 0.408 e. The highest BCUT2D eigenvalue weighted by molar-refractivity contribution is 6.18. The first-order chi connectivity index (χ1) is 12.4. The molecule has 8 heteroatoms. The van der Waals surface area contributed by atoms with Gasteiger partial charge in [-0.25, -0.2) is 9.59 Å². The summed E-state index contributed by atoms with van der Waals surface area (Å²) in [6.07, 6.45) is -0.165. The zero-order valence-electron chi connectivity index (χ0n) is 15.1. The van der Waals surface area contributed by atoms with E-state index in [2.05, 4.69) is 10.2 Å². The lowest BCUT2D eigenvalue weighted by Gasteiger charge is -2.23. The number of amides is 1. The van der Waals surface area contributed by atoms with Gasteiger partial charge in [0.05, 0.1) is 0 Å². The standard InChI is InChI=1S/C18H26Cl2N2O4/c1-3-13(2)26-18(25)21-16(17(23)24)12-14-4-6-15(7-5-14)22(10-8-19)11-9-20/h4-7,13,16H,3,8-12H2,1-2H3,(H,21,25)(H,23,24)/t13?,16-/m0/s1. The van der Waals surface area contributed by atoms with Crippen molar-refractivity contribution in [3.63, 3.8) is 0 Å². The van der Waals surface area contributed by atoms with Crippen molar-refractivity contribution in [2.75, 3.05) is 29.7 Å². The Morgan fingerprint density at radius 1 is 1.19 bits per heavy atom. The summed E-state index contributed by atoms with van der Waals surface area (Å²) in [4.78, 5) is 25.3. The second-order valence-corrected chi connectivity index (χ2v) is 6.65. The van der Waals surface area contributed by atoms with E-state index >= 15 is 0 Å². The maximum absolute atomic E-state index is 11.8. The molecule has 1 unspecified atom stereocenters. The van der Waals surface area contributed by atoms with Crippen molar-refractivity contribution in [1.29, 1.82) is 0 Å². The average molecular weight is 405 g/mol. The van der Waals surface area contributed by atoms with Crippen LogP contribution in [-0.2, 0) is 16.0 Å². The molecule has 0 aliphatic carbocycles. The number of nitrogens with one attached hydrogen (secondary N) is 1. The van der Waals surface area contributed by atoms with Gasteiger partial charge in [-0.05, 0) is 31.0 Å². The van der Waals surface area contributed by atoms with Gasteiger partial charge in [-0.3, -0.25) is 0 Å². The number of carboxylic acids is 1. The predicted octanol–water partition coefficient (Wildman–Crippen LogP) is 3.49. The zero-order chi connectivity index (χ0) is 19.5. The third-order valence-electron chi connectivity index (χ3n) is 3.92. The van der Waals surface area contributed by atoms with Crippen LogP contribution in [0.1, 0.15) is 25.8 Å². The van der Waals surface area contributed by atoms with Gasteiger partial charge in [-0.2, -0.15) is 0 Å². The van der Waals surface area contributed by atoms with Crippen LogP contribution in [0.4, 0.5) is 10.5 Å². The molecule has 2 N–H and O–H groups in total. The predicted molar refractivity (Wildman–Crippen MR) is 105 cm³/mol. The number of alkyl carbamates (subject to hydrolysis) is 1. The van der Waals surface area contributed by atoms with Gasteiger partial charge in [0.25, 0.3) is 0 Å². The lowest BCUT2D eigenvalue weighted by atomic mass is 10.1. The molecule has 0 aliphatic heterocycles. The molecule has 0 fully saturated rings. The van der Waals surface area contributed by atoms with Crippen molar-refractivity contribution in [3.8, 4) is 0 Å². The van der Waals surface area contributed by atoms with Gasteiger partial charge in [-0.1, -0.05) is 19.1 Å². The number of hydrogen-bond donors (Lipinski definition) is 2. The molecule has 1 amide bonds. The van der Waals surface area contributed by atoms with Crippen molar-refractivity contribution < 1.29 is 19.4 Å². The van der Waals surface area contributed by atoms with E-state index in [1.165, 1.54) is 0 Å². The molecular weight excluding hydrogens is 379 g/mol. The minimum Gasteiger partial charge on any atom is -0.480 e. The topological polar surface area (TPSA) is 78.9 Å². The van der Waals surface area contributed by atoms with Gasteiger partial charge in [0.1, 0.15) is 12.1 Å². The Balaban J connectivity index is 2.74. The third kappa shape index (κ3) is 7.70. The molecule has 0 spiro atoms. The Bertz CT molecular complexity index is 563. The van der Waals surface area contributed by atoms with Crippen LogP contribution in [0.25, 0.3) is 0 Å². The van der Waals surface area contributed by atoms with Crippen LogP contribution in [0.2, 0.25) is 0 Å². The molecule has 0 radical (unpaired) electrons. The van der Waals surface area contributed by atoms with Crippen LogP contribution >= 0.6 is 23.2 Å². The normalized spacial score (nSPS) is 12.9. The molecule has 2 atom stereocenters. The van der Waals surface area contributed by atoms with Crippen LogP contribution in [0.3, 0.4) is 0 Å². The van der Waals surface area contributed by atoms with Crippen LogP contribution in [0.5, 0.6) is 0 Å². The number of carbonyl (C=O) groups is 2. The number of rotatable bonds is 11. The number of benzene rings is 1. The van der Waals surface area contributed by atoms with Crippen LogP contribution in [0, 0.1) is 0 Å². The van der Waals surface area contributed by atoms with Gasteiger partial charge in [0.15, 0.2) is 0 Å². The average Bonchev–Trinajstić information content (AvgIpc) is 2.61. The summed E-state index contributed by atoms with van der Waals surface area (Å²) in [6.45, 7) is 4.98. The fraction of sp³-hybridized carbons (Fsp3) is 0.556. The van der Waals surface area contributed by atoms with E-state index in [1.807, 2.05) is 31.2 Å². The van der Waals surface area contributed by atoms with E-state index in [0.29, 0.717) is 31.3 Å². The number of hydrogen-bond acceptors (Lipinski definition) is 4. The number of aliphatic carboxylic acids is 1. The Kier molecular flexibility index (Phi) is 10.2. The van der Waals surface area contributed by atoms with E-state index in [-0.39, 0.29) is 12.5 Å². The summed E-state index contributed by atoms with van der Waals surface area (Å²) in [6, 6.07) is 6.40. The number of halogens is 2. The van der Waals surface area contributed by atoms with Gasteiger partial charge >= 0.3 is 12.1 Å². The third-order valence-corrected chi connectivity index (χ3v) is 4.26. The van der Waals surface area contributed by atoms with E-state index in [0.717, 1.165) is 11.3 Å². The van der Waals surface area contributed by atoms with Gasteiger partial charge < -0.3 is 20.1 Å². The molecule has 0 aromatic heterocycles. The Morgan fingerprint density at radius 2 is 1.77 bits per heavy atom. The molecule has 0 heterocycles. The second kappa shape index (κ2) is 11.9. The molecule has 1 aromatic carbocycles. The number of carbonyl (C=O) groups excluding carboxylic acids is 1. The van der Waals surface area contributed by atoms with Crippen LogP contribution in [0.15, 0.2) is 24.3 Å². The first kappa shape index (κ1) is 22.4. The molecule has 6 nitrogen and oxygen atoms in total. The van der Waals surface area contributed by atoms with Crippen molar-refractivity contribution in [1.82, 2.24) is 5.32 Å². The van der Waals surface area contributed by atoms with Crippen LogP contribution in [-0.4, -0.2) is 54.2 Å². The van der Waals surface area contributed by atoms with E-state index in [9.17, 15) is 14.7 Å². The maximum atomic E-state index is 11.8. The highest BCUT2D eigenvalue weighted by Gasteiger charge is 2.22. The lowest BCUT2D eigenvalue weighted by molar-refractivity contribution is -0.139. The molecule has 0 saturated heterocycles. The second-order valence-electron chi connectivity index (χ2n) is 5.89. The van der Waals surface area contributed by atoms with Gasteiger partial charge in [0, 0.05) is 37.0 Å². The lowest BCUT2D eigenvalue weighted by Crippen LogP contribution is -2.43. The minimum absolute atomic E-state index is 0.163. The first-order valence-electron chi connectivity index (χ1n) is 8.57. The highest BCUT2D eigenvalue weighted by atomic mass is 35.5. The Labute approximate surface area is 164 Å². The quantitative estimate of drug-likeness (QED) is 0.551. The number of alkyl halides is 2. The number of nitrogens with zero attached hydrogens (tertiary/aromatic N) is 1. The summed E-state index contributed by atoms with van der Waals surface area (Å²) >= 11 is 11.6. The van der Waals surface area contributed by atoms with Gasteiger partial charge in [0.2, 0.25) is 0 Å². The van der Waals surface area contributed by atoms with Crippen molar-refractivity contribution in [3.05, 3.63) is 29.8 Å². The van der Waals surface area contributed by atoms with Crippen molar-refractivity contribution in [2.24, 2.45) is 0 Å². The van der Waals surface area contributed by atoms with Crippen molar-refractivity contribution >= 4 is 41.0 Å². The molecule has 0 saturated carbocycles. The zero-order valence-corrected chi connectivity index (χ0v) is 16.6. The molecule has 1 rings (SSSR count). The number of ether oxygens (including phenoxy) is 1. The number of anilines is 1. The first-order valence-corrected chi connectivity index (χ1v) is 9.63. The van der Waals surface area contributed by atoms with Crippen LogP contribution < -0.4 is 10.2 Å². The van der Waals surface area contributed by atoms with Crippen molar-refractivity contribution in [2.45, 2.75) is 38.8 Å². The number of carboxylic acid groups (broad SMARTS) is 1. The summed E-state index contributed by atoms with van der Waals surface area (Å²) < 4.78 is 5.08. The van der Waals surface area contributed by atoms with Gasteiger partial charge in [-0.15, -0.1) is 23.2 Å². The summed E-state index contributed by atoms with van der Waals surface area (Å²) in [5.41, 5.74) is 1.76. The fourth-order valence-electron chi connectivity index (χ4n) is 2.30. The Morgan fingerprint density at radius 3 is 2.23 bits per heavy atom. The largest absolute Gasteiger partial charge is 0.480 e. The molecule has 26 heavy (non-hydrogen) atoms. The monoisotopic (exact) mass is 404 g/mol. The molecular formula is C18H26Cl2N2O4. The molecule has 1 aromatic rings. The minimum atomic E-state index is -1.11. The summed E-state index contributed by atoms with van der Waals surface area (Å²) in [5, 5.41) is 11.8. The maximum Gasteiger partial charge on any atom is 0.408 e. The van der Waals surface area contributed by atoms with E-state index in [4.69, 9.17) is 27.9 Å². The van der Waals surface area contributed by atoms with E-state index in [1.54, 1.807) is 6.92 Å². The summed E-state index contributed by atoms with van der Waals surface area (Å²) in [7, 11) is 0. The SMILES string of the molecule is CCC(C)OC(=O)N[C@@H](Cc1ccc(N(CCCl)CCCl)cc1)C(=O)O. The molecule has 146 valence electrons.